The second-order valence-electron chi connectivity index (χ2n) is 4.30. The molecular weight excluding hydrogens is 262 g/mol. The maximum Gasteiger partial charge on any atom is 0.500 e. The van der Waals surface area contributed by atoms with Gasteiger partial charge in [0.05, 0.1) is 6.54 Å². The van der Waals surface area contributed by atoms with Crippen molar-refractivity contribution >= 4 is 8.80 Å². The minimum Gasteiger partial charge on any atom is -0.377 e. The van der Waals surface area contributed by atoms with E-state index in [-0.39, 0.29) is 0 Å². The number of nitrogens with one attached hydrogen (secondary N) is 1. The Hall–Kier alpha value is -0.733. The van der Waals surface area contributed by atoms with Gasteiger partial charge in [-0.2, -0.15) is 0 Å². The molecule has 6 nitrogen and oxygen atoms in total. The number of aromatic nitrogens is 2. The first-order valence-electron chi connectivity index (χ1n) is 6.55. The van der Waals surface area contributed by atoms with Crippen molar-refractivity contribution in [1.29, 1.82) is 0 Å². The van der Waals surface area contributed by atoms with Crippen LogP contribution in [0.15, 0.2) is 12.4 Å². The summed E-state index contributed by atoms with van der Waals surface area (Å²) in [5, 5.41) is 0. The second kappa shape index (κ2) is 8.44. The summed E-state index contributed by atoms with van der Waals surface area (Å²) < 4.78 is 16.2. The second-order valence-corrected chi connectivity index (χ2v) is 7.39. The average molecular weight is 287 g/mol. The molecular formula is C12H25N3O3Si. The van der Waals surface area contributed by atoms with Crippen LogP contribution < -0.4 is 0 Å². The van der Waals surface area contributed by atoms with E-state index in [0.29, 0.717) is 0 Å². The summed E-state index contributed by atoms with van der Waals surface area (Å²) in [5.41, 5.74) is 0. The molecule has 19 heavy (non-hydrogen) atoms. The highest BCUT2D eigenvalue weighted by Gasteiger charge is 2.36. The van der Waals surface area contributed by atoms with E-state index in [1.165, 1.54) is 0 Å². The third-order valence-electron chi connectivity index (χ3n) is 3.27. The van der Waals surface area contributed by atoms with Crippen LogP contribution in [-0.2, 0) is 19.8 Å². The molecule has 0 spiro atoms. The molecule has 0 saturated heterocycles. The van der Waals surface area contributed by atoms with Crippen molar-refractivity contribution in [3.63, 3.8) is 0 Å². The number of hydrogen-bond acceptors (Lipinski definition) is 5. The van der Waals surface area contributed by atoms with Crippen molar-refractivity contribution in [2.24, 2.45) is 0 Å². The van der Waals surface area contributed by atoms with Crippen LogP contribution in [0.4, 0.5) is 0 Å². The van der Waals surface area contributed by atoms with Crippen molar-refractivity contribution < 1.29 is 13.3 Å². The van der Waals surface area contributed by atoms with E-state index in [9.17, 15) is 0 Å². The molecule has 0 fully saturated rings. The van der Waals surface area contributed by atoms with Gasteiger partial charge in [0.1, 0.15) is 5.82 Å². The van der Waals surface area contributed by atoms with Crippen molar-refractivity contribution in [2.45, 2.75) is 25.9 Å². The smallest absolute Gasteiger partial charge is 0.377 e. The summed E-state index contributed by atoms with van der Waals surface area (Å²) in [4.78, 5) is 9.70. The number of nitrogens with zero attached hydrogens (tertiary/aromatic N) is 2. The van der Waals surface area contributed by atoms with E-state index in [2.05, 4.69) is 21.8 Å². The molecule has 1 heterocycles. The lowest BCUT2D eigenvalue weighted by molar-refractivity contribution is 0.121. The van der Waals surface area contributed by atoms with E-state index in [4.69, 9.17) is 13.3 Å². The minimum absolute atomic E-state index is 0.825. The molecule has 0 radical (unpaired) electrons. The van der Waals surface area contributed by atoms with Crippen molar-refractivity contribution in [3.8, 4) is 0 Å². The molecule has 0 aliphatic carbocycles. The number of H-pyrrole nitrogens is 1. The van der Waals surface area contributed by atoms with Crippen LogP contribution in [0.25, 0.3) is 0 Å². The molecule has 1 aromatic rings. The highest BCUT2D eigenvalue weighted by atomic mass is 28.4. The first kappa shape index (κ1) is 16.3. The quantitative estimate of drug-likeness (QED) is 0.661. The van der Waals surface area contributed by atoms with Gasteiger partial charge >= 0.3 is 8.80 Å². The molecule has 0 aromatic carbocycles. The van der Waals surface area contributed by atoms with Gasteiger partial charge in [0.2, 0.25) is 0 Å². The van der Waals surface area contributed by atoms with Crippen molar-refractivity contribution in [1.82, 2.24) is 14.9 Å². The van der Waals surface area contributed by atoms with Crippen molar-refractivity contribution in [3.05, 3.63) is 18.2 Å². The van der Waals surface area contributed by atoms with Gasteiger partial charge in [0, 0.05) is 39.8 Å². The van der Waals surface area contributed by atoms with E-state index in [1.54, 1.807) is 27.5 Å². The van der Waals surface area contributed by atoms with E-state index in [1.807, 2.05) is 6.20 Å². The van der Waals surface area contributed by atoms with E-state index in [0.717, 1.165) is 37.9 Å². The predicted molar refractivity (Wildman–Crippen MR) is 75.7 cm³/mol. The molecule has 0 unspecified atom stereocenters. The number of rotatable bonds is 10. The van der Waals surface area contributed by atoms with Crippen LogP contribution in [0.3, 0.4) is 0 Å². The first-order chi connectivity index (χ1) is 9.19. The largest absolute Gasteiger partial charge is 0.500 e. The Morgan fingerprint density at radius 3 is 2.42 bits per heavy atom. The summed E-state index contributed by atoms with van der Waals surface area (Å²) in [7, 11) is 2.53. The minimum atomic E-state index is -2.43. The third kappa shape index (κ3) is 5.04. The average Bonchev–Trinajstić information content (AvgIpc) is 2.96. The van der Waals surface area contributed by atoms with Gasteiger partial charge in [-0.3, -0.25) is 4.90 Å². The zero-order chi connectivity index (χ0) is 14.1. The SMILES string of the molecule is CCN(CCC[Si](OC)(OC)OC)Cc1ncc[nH]1. The van der Waals surface area contributed by atoms with Gasteiger partial charge in [0.25, 0.3) is 0 Å². The Labute approximate surface area is 116 Å². The van der Waals surface area contributed by atoms with Crippen LogP contribution in [0.1, 0.15) is 19.2 Å². The number of imidazole rings is 1. The maximum absolute atomic E-state index is 5.42. The van der Waals surface area contributed by atoms with E-state index < -0.39 is 8.80 Å². The predicted octanol–water partition coefficient (Wildman–Crippen LogP) is 1.50. The fourth-order valence-corrected chi connectivity index (χ4v) is 3.72. The summed E-state index contributed by atoms with van der Waals surface area (Å²) in [6, 6.07) is 0.825. The fraction of sp³-hybridized carbons (Fsp3) is 0.750. The van der Waals surface area contributed by atoms with Gasteiger partial charge in [-0.25, -0.2) is 4.98 Å². The molecule has 0 saturated carbocycles. The summed E-state index contributed by atoms with van der Waals surface area (Å²) >= 11 is 0. The van der Waals surface area contributed by atoms with Gasteiger partial charge in [-0.15, -0.1) is 0 Å². The standard InChI is InChI=1S/C12H25N3O3Si/c1-5-15(11-12-13-7-8-14-12)9-6-10-19(16-2,17-3)18-4/h7-8H,5-6,9-11H2,1-4H3,(H,13,14). The Bertz CT molecular complexity index is 323. The number of hydrogen-bond donors (Lipinski definition) is 1. The fourth-order valence-electron chi connectivity index (χ4n) is 2.02. The van der Waals surface area contributed by atoms with Gasteiger partial charge in [-0.05, 0) is 19.5 Å². The van der Waals surface area contributed by atoms with Crippen LogP contribution in [0.5, 0.6) is 0 Å². The highest BCUT2D eigenvalue weighted by Crippen LogP contribution is 2.15. The van der Waals surface area contributed by atoms with E-state index >= 15 is 0 Å². The molecule has 0 amide bonds. The van der Waals surface area contributed by atoms with Gasteiger partial charge < -0.3 is 18.3 Å². The summed E-state index contributed by atoms with van der Waals surface area (Å²) in [6.07, 6.45) is 4.61. The molecule has 1 N–H and O–H groups in total. The van der Waals surface area contributed by atoms with Crippen molar-refractivity contribution in [2.75, 3.05) is 34.4 Å². The molecule has 0 bridgehead atoms. The number of aromatic amines is 1. The summed E-state index contributed by atoms with van der Waals surface area (Å²) in [5.74, 6) is 0.996. The zero-order valence-corrected chi connectivity index (χ0v) is 13.3. The zero-order valence-electron chi connectivity index (χ0n) is 12.3. The lowest BCUT2D eigenvalue weighted by Crippen LogP contribution is -2.43. The molecule has 0 atom stereocenters. The Balaban J connectivity index is 2.37. The lowest BCUT2D eigenvalue weighted by Gasteiger charge is -2.26. The lowest BCUT2D eigenvalue weighted by atomic mass is 10.4. The molecule has 1 rings (SSSR count). The highest BCUT2D eigenvalue weighted by molar-refractivity contribution is 6.60. The first-order valence-corrected chi connectivity index (χ1v) is 8.49. The van der Waals surface area contributed by atoms with Crippen LogP contribution in [0.2, 0.25) is 6.04 Å². The Morgan fingerprint density at radius 1 is 1.26 bits per heavy atom. The maximum atomic E-state index is 5.42. The van der Waals surface area contributed by atoms with Crippen LogP contribution in [-0.4, -0.2) is 58.1 Å². The monoisotopic (exact) mass is 287 g/mol. The molecule has 110 valence electrons. The Morgan fingerprint density at radius 2 is 1.95 bits per heavy atom. The van der Waals surface area contributed by atoms with Gasteiger partial charge in [0.15, 0.2) is 0 Å². The van der Waals surface area contributed by atoms with Crippen LogP contribution in [0, 0.1) is 0 Å². The Kier molecular flexibility index (Phi) is 7.25. The summed E-state index contributed by atoms with van der Waals surface area (Å²) in [6.45, 7) is 4.95. The van der Waals surface area contributed by atoms with Gasteiger partial charge in [-0.1, -0.05) is 6.92 Å². The topological polar surface area (TPSA) is 59.6 Å². The normalized spacial score (nSPS) is 12.3. The molecule has 0 aliphatic rings. The molecule has 7 heteroatoms. The van der Waals surface area contributed by atoms with Crippen LogP contribution >= 0.6 is 0 Å². The molecule has 0 aliphatic heterocycles. The third-order valence-corrected chi connectivity index (χ3v) is 6.10. The molecule has 1 aromatic heterocycles.